The molecule has 0 unspecified atom stereocenters. The Hall–Kier alpha value is -1.22. The highest BCUT2D eigenvalue weighted by Crippen LogP contribution is 2.37. The molecule has 1 N–H and O–H groups in total. The zero-order chi connectivity index (χ0) is 13.0. The molecule has 0 bridgehead atoms. The summed E-state index contributed by atoms with van der Waals surface area (Å²) in [7, 11) is 0. The lowest BCUT2D eigenvalue weighted by molar-refractivity contribution is -0.153. The fraction of sp³-hybridized carbons (Fsp3) is 0.500. The maximum Gasteiger partial charge on any atom is 0.313 e. The molecule has 1 aromatic rings. The Morgan fingerprint density at radius 1 is 1.33 bits per heavy atom. The van der Waals surface area contributed by atoms with Crippen molar-refractivity contribution in [3.8, 4) is 5.75 Å². The van der Waals surface area contributed by atoms with E-state index in [1.54, 1.807) is 24.3 Å². The van der Waals surface area contributed by atoms with Crippen LogP contribution < -0.4 is 4.74 Å². The van der Waals surface area contributed by atoms with E-state index in [0.29, 0.717) is 23.6 Å². The van der Waals surface area contributed by atoms with Crippen LogP contribution in [0.4, 0.5) is 0 Å². The molecule has 1 aliphatic rings. The predicted molar refractivity (Wildman–Crippen MR) is 70.1 cm³/mol. The first-order valence-electron chi connectivity index (χ1n) is 6.24. The number of carboxylic acid groups (broad SMARTS) is 1. The monoisotopic (exact) mass is 268 g/mol. The van der Waals surface area contributed by atoms with E-state index in [2.05, 4.69) is 0 Å². The molecule has 0 atom stereocenters. The van der Waals surface area contributed by atoms with E-state index in [0.717, 1.165) is 19.3 Å². The third-order valence-electron chi connectivity index (χ3n) is 3.58. The first-order valence-corrected chi connectivity index (χ1v) is 6.62. The van der Waals surface area contributed by atoms with Crippen LogP contribution in [0.3, 0.4) is 0 Å². The van der Waals surface area contributed by atoms with Gasteiger partial charge in [0.2, 0.25) is 0 Å². The Morgan fingerprint density at radius 3 is 2.67 bits per heavy atom. The van der Waals surface area contributed by atoms with Crippen molar-refractivity contribution in [3.05, 3.63) is 29.3 Å². The Kier molecular flexibility index (Phi) is 4.12. The van der Waals surface area contributed by atoms with Crippen LogP contribution >= 0.6 is 11.6 Å². The van der Waals surface area contributed by atoms with Crippen LogP contribution in [0.1, 0.15) is 32.1 Å². The van der Waals surface area contributed by atoms with E-state index >= 15 is 0 Å². The van der Waals surface area contributed by atoms with Crippen LogP contribution in [-0.4, -0.2) is 17.7 Å². The highest BCUT2D eigenvalue weighted by Gasteiger charge is 2.40. The van der Waals surface area contributed by atoms with Crippen molar-refractivity contribution in [2.24, 2.45) is 5.41 Å². The fourth-order valence-corrected chi connectivity index (χ4v) is 2.61. The second-order valence-corrected chi connectivity index (χ2v) is 5.33. The largest absolute Gasteiger partial charge is 0.492 e. The lowest BCUT2D eigenvalue weighted by Crippen LogP contribution is -2.38. The number of hydrogen-bond acceptors (Lipinski definition) is 2. The number of carboxylic acids is 1. The molecule has 0 aliphatic heterocycles. The van der Waals surface area contributed by atoms with Gasteiger partial charge in [-0.2, -0.15) is 0 Å². The van der Waals surface area contributed by atoms with Crippen LogP contribution in [0.15, 0.2) is 24.3 Å². The molecule has 1 aliphatic carbocycles. The van der Waals surface area contributed by atoms with Gasteiger partial charge in [0, 0.05) is 5.02 Å². The minimum Gasteiger partial charge on any atom is -0.492 e. The Morgan fingerprint density at radius 2 is 2.06 bits per heavy atom. The number of halogens is 1. The number of carbonyl (C=O) groups is 1. The molecule has 1 saturated carbocycles. The molecule has 1 aromatic carbocycles. The van der Waals surface area contributed by atoms with Crippen molar-refractivity contribution >= 4 is 17.6 Å². The highest BCUT2D eigenvalue weighted by molar-refractivity contribution is 6.30. The summed E-state index contributed by atoms with van der Waals surface area (Å²) in [5.41, 5.74) is -0.722. The molecule has 0 saturated heterocycles. The smallest absolute Gasteiger partial charge is 0.313 e. The van der Waals surface area contributed by atoms with Gasteiger partial charge in [-0.3, -0.25) is 4.79 Å². The van der Waals surface area contributed by atoms with Crippen molar-refractivity contribution in [1.29, 1.82) is 0 Å². The second-order valence-electron chi connectivity index (χ2n) is 4.89. The van der Waals surface area contributed by atoms with E-state index in [9.17, 15) is 9.90 Å². The topological polar surface area (TPSA) is 46.5 Å². The molecule has 0 heterocycles. The summed E-state index contributed by atoms with van der Waals surface area (Å²) in [5, 5.41) is 10.0. The van der Waals surface area contributed by atoms with E-state index in [-0.39, 0.29) is 6.61 Å². The van der Waals surface area contributed by atoms with Gasteiger partial charge in [0.25, 0.3) is 0 Å². The summed E-state index contributed by atoms with van der Waals surface area (Å²) in [5.74, 6) is -0.113. The van der Waals surface area contributed by atoms with Crippen LogP contribution in [0.2, 0.25) is 5.02 Å². The summed E-state index contributed by atoms with van der Waals surface area (Å²) in [6.07, 6.45) is 4.44. The first kappa shape index (κ1) is 13.2. The van der Waals surface area contributed by atoms with E-state index in [4.69, 9.17) is 16.3 Å². The second kappa shape index (κ2) is 5.61. The number of rotatable bonds is 4. The maximum atomic E-state index is 11.5. The quantitative estimate of drug-likeness (QED) is 0.904. The molecule has 0 amide bonds. The molecule has 18 heavy (non-hydrogen) atoms. The van der Waals surface area contributed by atoms with Crippen molar-refractivity contribution in [2.45, 2.75) is 32.1 Å². The number of benzene rings is 1. The molecule has 98 valence electrons. The van der Waals surface area contributed by atoms with Gasteiger partial charge in [0.1, 0.15) is 17.8 Å². The number of ether oxygens (including phenoxy) is 1. The fourth-order valence-electron chi connectivity index (χ4n) is 2.43. The summed E-state index contributed by atoms with van der Waals surface area (Å²) in [6, 6.07) is 7.07. The standard InChI is InChI=1S/C14H17ClO3/c15-11-5-4-6-12(9-11)18-10-14(13(16)17)7-2-1-3-8-14/h4-6,9H,1-3,7-8,10H2,(H,16,17). The van der Waals surface area contributed by atoms with E-state index in [1.165, 1.54) is 0 Å². The third kappa shape index (κ3) is 2.96. The van der Waals surface area contributed by atoms with E-state index < -0.39 is 11.4 Å². The van der Waals surface area contributed by atoms with Crippen LogP contribution in [-0.2, 0) is 4.79 Å². The van der Waals surface area contributed by atoms with E-state index in [1.807, 2.05) is 0 Å². The summed E-state index contributed by atoms with van der Waals surface area (Å²) in [6.45, 7) is 0.225. The van der Waals surface area contributed by atoms with Crippen molar-refractivity contribution < 1.29 is 14.6 Å². The predicted octanol–water partition coefficient (Wildman–Crippen LogP) is 3.75. The minimum absolute atomic E-state index is 0.225. The summed E-state index contributed by atoms with van der Waals surface area (Å²) < 4.78 is 5.63. The van der Waals surface area contributed by atoms with Crippen molar-refractivity contribution in [2.75, 3.05) is 6.61 Å². The number of aliphatic carboxylic acids is 1. The van der Waals surface area contributed by atoms with Crippen LogP contribution in [0.5, 0.6) is 5.75 Å². The molecule has 1 fully saturated rings. The zero-order valence-corrected chi connectivity index (χ0v) is 10.9. The van der Waals surface area contributed by atoms with Gasteiger partial charge in [0.15, 0.2) is 0 Å². The summed E-state index contributed by atoms with van der Waals surface area (Å²) in [4.78, 5) is 11.5. The molecule has 0 aromatic heterocycles. The average Bonchev–Trinajstić information content (AvgIpc) is 2.37. The first-order chi connectivity index (χ1) is 8.62. The SMILES string of the molecule is O=C(O)C1(COc2cccc(Cl)c2)CCCCC1. The lowest BCUT2D eigenvalue weighted by Gasteiger charge is -2.32. The molecule has 2 rings (SSSR count). The highest BCUT2D eigenvalue weighted by atomic mass is 35.5. The van der Waals surface area contributed by atoms with Gasteiger partial charge >= 0.3 is 5.97 Å². The molecular formula is C14H17ClO3. The Balaban J connectivity index is 2.04. The van der Waals surface area contributed by atoms with Gasteiger partial charge in [0.05, 0.1) is 0 Å². The van der Waals surface area contributed by atoms with Gasteiger partial charge in [-0.1, -0.05) is 36.9 Å². The van der Waals surface area contributed by atoms with Crippen LogP contribution in [0, 0.1) is 5.41 Å². The molecular weight excluding hydrogens is 252 g/mol. The van der Waals surface area contributed by atoms with Crippen LogP contribution in [0.25, 0.3) is 0 Å². The third-order valence-corrected chi connectivity index (χ3v) is 3.81. The molecule has 0 spiro atoms. The van der Waals surface area contributed by atoms with Gasteiger partial charge < -0.3 is 9.84 Å². The van der Waals surface area contributed by atoms with Gasteiger partial charge in [-0.15, -0.1) is 0 Å². The average molecular weight is 269 g/mol. The molecule has 4 heteroatoms. The Bertz CT molecular complexity index is 425. The van der Waals surface area contributed by atoms with Crippen molar-refractivity contribution in [3.63, 3.8) is 0 Å². The summed E-state index contributed by atoms with van der Waals surface area (Å²) >= 11 is 5.87. The van der Waals surface area contributed by atoms with Crippen molar-refractivity contribution in [1.82, 2.24) is 0 Å². The van der Waals surface area contributed by atoms with Gasteiger partial charge in [-0.25, -0.2) is 0 Å². The Labute approximate surface area is 112 Å². The zero-order valence-electron chi connectivity index (χ0n) is 10.2. The minimum atomic E-state index is -0.746. The molecule has 3 nitrogen and oxygen atoms in total. The molecule has 0 radical (unpaired) electrons. The van der Waals surface area contributed by atoms with Gasteiger partial charge in [-0.05, 0) is 31.0 Å². The number of hydrogen-bond donors (Lipinski definition) is 1. The lowest BCUT2D eigenvalue weighted by atomic mass is 9.75. The maximum absolute atomic E-state index is 11.5. The normalized spacial score (nSPS) is 18.3.